The van der Waals surface area contributed by atoms with Gasteiger partial charge in [-0.3, -0.25) is 4.79 Å². The van der Waals surface area contributed by atoms with Crippen molar-refractivity contribution in [3.8, 4) is 11.4 Å². The molecule has 1 atom stereocenters. The highest BCUT2D eigenvalue weighted by Crippen LogP contribution is 2.28. The van der Waals surface area contributed by atoms with Gasteiger partial charge in [-0.15, -0.1) is 0 Å². The van der Waals surface area contributed by atoms with E-state index in [1.807, 2.05) is 29.2 Å². The normalized spacial score (nSPS) is 17.1. The quantitative estimate of drug-likeness (QED) is 0.607. The lowest BCUT2D eigenvalue weighted by atomic mass is 9.97. The maximum atomic E-state index is 13.1. The molecule has 0 spiro atoms. The van der Waals surface area contributed by atoms with Crippen molar-refractivity contribution in [3.63, 3.8) is 0 Å². The zero-order valence-electron chi connectivity index (χ0n) is 14.4. The van der Waals surface area contributed by atoms with E-state index in [9.17, 15) is 9.18 Å². The van der Waals surface area contributed by atoms with Crippen molar-refractivity contribution in [2.75, 3.05) is 13.1 Å². The van der Waals surface area contributed by atoms with Gasteiger partial charge in [0.25, 0.3) is 5.91 Å². The maximum absolute atomic E-state index is 13.1. The number of carbonyl (C=O) groups excluding carboxylic acids is 1. The Morgan fingerprint density at radius 2 is 1.89 bits per heavy atom. The van der Waals surface area contributed by atoms with Gasteiger partial charge < -0.3 is 9.42 Å². The molecule has 138 valence electrons. The summed E-state index contributed by atoms with van der Waals surface area (Å²) < 4.78 is 19.5. The Labute approximate surface area is 164 Å². The summed E-state index contributed by atoms with van der Waals surface area (Å²) >= 11 is 3.38. The number of likely N-dealkylation sites (tertiary alicyclic amines) is 1. The predicted molar refractivity (Wildman–Crippen MR) is 102 cm³/mol. The third-order valence-electron chi connectivity index (χ3n) is 4.69. The molecule has 4 rings (SSSR count). The first-order valence-corrected chi connectivity index (χ1v) is 9.54. The summed E-state index contributed by atoms with van der Waals surface area (Å²) in [6.07, 6.45) is 1.76. The van der Waals surface area contributed by atoms with Crippen LogP contribution in [0.15, 0.2) is 57.5 Å². The Kier molecular flexibility index (Phi) is 5.03. The van der Waals surface area contributed by atoms with Crippen LogP contribution in [0.3, 0.4) is 0 Å². The summed E-state index contributed by atoms with van der Waals surface area (Å²) in [5, 5.41) is 4.01. The molecule has 27 heavy (non-hydrogen) atoms. The largest absolute Gasteiger partial charge is 0.339 e. The maximum Gasteiger partial charge on any atom is 0.253 e. The highest BCUT2D eigenvalue weighted by molar-refractivity contribution is 9.10. The van der Waals surface area contributed by atoms with Crippen molar-refractivity contribution in [1.29, 1.82) is 0 Å². The number of amides is 1. The molecule has 0 bridgehead atoms. The van der Waals surface area contributed by atoms with Crippen LogP contribution < -0.4 is 0 Å². The van der Waals surface area contributed by atoms with Crippen LogP contribution in [-0.4, -0.2) is 34.0 Å². The monoisotopic (exact) mass is 429 g/mol. The molecular formula is C20H17BrFN3O2. The standard InChI is InChI=1S/C20H17BrFN3O2/c21-16-7-3-14(4-8-16)20(26)25-11-1-2-15(12-25)19-23-18(24-27-19)13-5-9-17(22)10-6-13/h3-10,15H,1-2,11-12H2. The molecule has 1 fully saturated rings. The van der Waals surface area contributed by atoms with Crippen LogP contribution >= 0.6 is 15.9 Å². The minimum Gasteiger partial charge on any atom is -0.339 e. The molecule has 1 aliphatic heterocycles. The Bertz CT molecular complexity index is 941. The number of hydrogen-bond donors (Lipinski definition) is 0. The summed E-state index contributed by atoms with van der Waals surface area (Å²) in [5.41, 5.74) is 1.36. The number of rotatable bonds is 3. The second-order valence-corrected chi connectivity index (χ2v) is 7.48. The van der Waals surface area contributed by atoms with Crippen molar-refractivity contribution in [2.24, 2.45) is 0 Å². The highest BCUT2D eigenvalue weighted by atomic mass is 79.9. The molecule has 1 amide bonds. The zero-order chi connectivity index (χ0) is 18.8. The van der Waals surface area contributed by atoms with Crippen LogP contribution in [0.25, 0.3) is 11.4 Å². The van der Waals surface area contributed by atoms with Gasteiger partial charge in [0.1, 0.15) is 5.82 Å². The van der Waals surface area contributed by atoms with Gasteiger partial charge >= 0.3 is 0 Å². The topological polar surface area (TPSA) is 59.2 Å². The number of carbonyl (C=O) groups is 1. The van der Waals surface area contributed by atoms with Crippen LogP contribution in [0.4, 0.5) is 4.39 Å². The van der Waals surface area contributed by atoms with Crippen LogP contribution in [-0.2, 0) is 0 Å². The fourth-order valence-electron chi connectivity index (χ4n) is 3.26. The predicted octanol–water partition coefficient (Wildman–Crippen LogP) is 4.66. The first-order chi connectivity index (χ1) is 13.1. The average molecular weight is 430 g/mol. The number of halogens is 2. The Morgan fingerprint density at radius 3 is 2.63 bits per heavy atom. The molecular weight excluding hydrogens is 413 g/mol. The molecule has 0 N–H and O–H groups in total. The van der Waals surface area contributed by atoms with Crippen molar-refractivity contribution in [2.45, 2.75) is 18.8 Å². The molecule has 0 radical (unpaired) electrons. The molecule has 1 aromatic heterocycles. The SMILES string of the molecule is O=C(c1ccc(Br)cc1)N1CCCC(c2nc(-c3ccc(F)cc3)no2)C1. The van der Waals surface area contributed by atoms with Crippen molar-refractivity contribution in [1.82, 2.24) is 15.0 Å². The average Bonchev–Trinajstić information content (AvgIpc) is 3.19. The van der Waals surface area contributed by atoms with Gasteiger partial charge in [0, 0.05) is 28.7 Å². The van der Waals surface area contributed by atoms with Gasteiger partial charge in [-0.25, -0.2) is 4.39 Å². The van der Waals surface area contributed by atoms with Crippen LogP contribution in [0.1, 0.15) is 35.0 Å². The number of aromatic nitrogens is 2. The van der Waals surface area contributed by atoms with E-state index in [4.69, 9.17) is 4.52 Å². The van der Waals surface area contributed by atoms with E-state index >= 15 is 0 Å². The highest BCUT2D eigenvalue weighted by Gasteiger charge is 2.29. The molecule has 1 unspecified atom stereocenters. The summed E-state index contributed by atoms with van der Waals surface area (Å²) in [6, 6.07) is 13.3. The lowest BCUT2D eigenvalue weighted by molar-refractivity contribution is 0.0695. The van der Waals surface area contributed by atoms with E-state index in [1.54, 1.807) is 12.1 Å². The molecule has 2 heterocycles. The lowest BCUT2D eigenvalue weighted by Gasteiger charge is -2.31. The number of piperidine rings is 1. The summed E-state index contributed by atoms with van der Waals surface area (Å²) in [6.45, 7) is 1.25. The van der Waals surface area contributed by atoms with Gasteiger partial charge in [-0.05, 0) is 61.4 Å². The van der Waals surface area contributed by atoms with Crippen LogP contribution in [0.2, 0.25) is 0 Å². The molecule has 1 saturated heterocycles. The number of nitrogens with zero attached hydrogens (tertiary/aromatic N) is 3. The first kappa shape index (κ1) is 17.9. The van der Waals surface area contributed by atoms with Crippen molar-refractivity contribution in [3.05, 3.63) is 70.3 Å². The van der Waals surface area contributed by atoms with E-state index in [-0.39, 0.29) is 17.6 Å². The van der Waals surface area contributed by atoms with Gasteiger partial charge in [0.2, 0.25) is 11.7 Å². The van der Waals surface area contributed by atoms with Gasteiger partial charge in [0.05, 0.1) is 5.92 Å². The fraction of sp³-hybridized carbons (Fsp3) is 0.250. The van der Waals surface area contributed by atoms with E-state index in [1.165, 1.54) is 12.1 Å². The van der Waals surface area contributed by atoms with Crippen LogP contribution in [0.5, 0.6) is 0 Å². The molecule has 5 nitrogen and oxygen atoms in total. The molecule has 0 aliphatic carbocycles. The van der Waals surface area contributed by atoms with Crippen LogP contribution in [0, 0.1) is 5.82 Å². The smallest absolute Gasteiger partial charge is 0.253 e. The second-order valence-electron chi connectivity index (χ2n) is 6.56. The van der Waals surface area contributed by atoms with E-state index in [2.05, 4.69) is 26.1 Å². The lowest BCUT2D eigenvalue weighted by Crippen LogP contribution is -2.39. The van der Waals surface area contributed by atoms with Crippen molar-refractivity contribution < 1.29 is 13.7 Å². The Morgan fingerprint density at radius 1 is 1.15 bits per heavy atom. The Balaban J connectivity index is 1.49. The fourth-order valence-corrected chi connectivity index (χ4v) is 3.52. The van der Waals surface area contributed by atoms with Crippen molar-refractivity contribution >= 4 is 21.8 Å². The molecule has 7 heteroatoms. The van der Waals surface area contributed by atoms with Gasteiger partial charge in [-0.1, -0.05) is 21.1 Å². The second kappa shape index (κ2) is 7.60. The summed E-state index contributed by atoms with van der Waals surface area (Å²) in [7, 11) is 0. The summed E-state index contributed by atoms with van der Waals surface area (Å²) in [4.78, 5) is 19.1. The van der Waals surface area contributed by atoms with Gasteiger partial charge in [0.15, 0.2) is 0 Å². The van der Waals surface area contributed by atoms with E-state index in [0.717, 1.165) is 17.3 Å². The third kappa shape index (κ3) is 3.93. The molecule has 2 aromatic carbocycles. The molecule has 0 saturated carbocycles. The molecule has 1 aliphatic rings. The first-order valence-electron chi connectivity index (χ1n) is 8.74. The van der Waals surface area contributed by atoms with E-state index in [0.29, 0.717) is 35.9 Å². The van der Waals surface area contributed by atoms with Gasteiger partial charge in [-0.2, -0.15) is 4.98 Å². The Hall–Kier alpha value is -2.54. The zero-order valence-corrected chi connectivity index (χ0v) is 16.0. The number of benzene rings is 2. The minimum atomic E-state index is -0.308. The molecule has 3 aromatic rings. The summed E-state index contributed by atoms with van der Waals surface area (Å²) in [5.74, 6) is 0.645. The minimum absolute atomic E-state index is 0.000142. The number of hydrogen-bond acceptors (Lipinski definition) is 4. The third-order valence-corrected chi connectivity index (χ3v) is 5.22. The van der Waals surface area contributed by atoms with E-state index < -0.39 is 0 Å².